The normalized spacial score (nSPS) is 17.5. The summed E-state index contributed by atoms with van der Waals surface area (Å²) in [6.07, 6.45) is 2.83. The van der Waals surface area contributed by atoms with Crippen LogP contribution >= 0.6 is 47.2 Å². The van der Waals surface area contributed by atoms with Gasteiger partial charge in [-0.1, -0.05) is 53.6 Å². The lowest BCUT2D eigenvalue weighted by Gasteiger charge is -2.14. The van der Waals surface area contributed by atoms with Crippen molar-refractivity contribution < 1.29 is 9.59 Å². The Morgan fingerprint density at radius 2 is 2.08 bits per heavy atom. The van der Waals surface area contributed by atoms with Gasteiger partial charge in [-0.05, 0) is 38.0 Å². The molecule has 24 heavy (non-hydrogen) atoms. The van der Waals surface area contributed by atoms with Crippen LogP contribution in [0, 0.1) is 0 Å². The summed E-state index contributed by atoms with van der Waals surface area (Å²) in [4.78, 5) is 25.5. The molecule has 2 rings (SSSR count). The number of unbranched alkanes of at least 4 members (excludes halogenated alkanes) is 2. The number of thiocarbonyl (C=S) groups is 1. The van der Waals surface area contributed by atoms with Crippen LogP contribution in [0.4, 0.5) is 5.69 Å². The molecule has 2 amide bonds. The van der Waals surface area contributed by atoms with Crippen LogP contribution < -0.4 is 5.32 Å². The third-order valence-electron chi connectivity index (χ3n) is 3.60. The average molecular weight is 405 g/mol. The maximum Gasteiger partial charge on any atom is 0.241 e. The molecule has 1 fully saturated rings. The predicted molar refractivity (Wildman–Crippen MR) is 105 cm³/mol. The van der Waals surface area contributed by atoms with Crippen LogP contribution in [0.2, 0.25) is 10.0 Å². The fourth-order valence-corrected chi connectivity index (χ4v) is 4.22. The van der Waals surface area contributed by atoms with Crippen molar-refractivity contribution in [3.05, 3.63) is 28.2 Å². The number of nitrogens with zero attached hydrogens (tertiary/aromatic N) is 1. The fraction of sp³-hybridized carbons (Fsp3) is 0.438. The molecule has 1 aliphatic heterocycles. The van der Waals surface area contributed by atoms with Gasteiger partial charge in [-0.3, -0.25) is 14.5 Å². The first-order chi connectivity index (χ1) is 11.4. The molecular weight excluding hydrogens is 387 g/mol. The molecule has 0 radical (unpaired) electrons. The zero-order valence-corrected chi connectivity index (χ0v) is 16.3. The van der Waals surface area contributed by atoms with Crippen molar-refractivity contribution in [2.24, 2.45) is 0 Å². The van der Waals surface area contributed by atoms with Crippen LogP contribution in [-0.2, 0) is 9.59 Å². The molecule has 0 aliphatic carbocycles. The molecule has 1 aromatic rings. The van der Waals surface area contributed by atoms with E-state index in [2.05, 4.69) is 5.32 Å². The second-order valence-electron chi connectivity index (χ2n) is 5.50. The number of hydrogen-bond donors (Lipinski definition) is 1. The van der Waals surface area contributed by atoms with Gasteiger partial charge in [-0.25, -0.2) is 0 Å². The molecule has 1 N–H and O–H groups in total. The van der Waals surface area contributed by atoms with Crippen LogP contribution in [0.5, 0.6) is 0 Å². The smallest absolute Gasteiger partial charge is 0.241 e. The third kappa shape index (κ3) is 5.34. The highest BCUT2D eigenvalue weighted by molar-refractivity contribution is 8.24. The first-order valence-corrected chi connectivity index (χ1v) is 9.70. The zero-order valence-electron chi connectivity index (χ0n) is 13.2. The number of hydrogen-bond acceptors (Lipinski definition) is 4. The van der Waals surface area contributed by atoms with E-state index in [1.807, 2.05) is 6.92 Å². The third-order valence-corrected chi connectivity index (χ3v) is 5.64. The summed E-state index contributed by atoms with van der Waals surface area (Å²) >= 11 is 18.5. The van der Waals surface area contributed by atoms with E-state index in [0.717, 1.165) is 19.3 Å². The Bertz CT molecular complexity index is 655. The molecule has 0 bridgehead atoms. The van der Waals surface area contributed by atoms with Gasteiger partial charge in [0.2, 0.25) is 11.8 Å². The Morgan fingerprint density at radius 1 is 1.33 bits per heavy atom. The van der Waals surface area contributed by atoms with E-state index in [1.165, 1.54) is 11.8 Å². The van der Waals surface area contributed by atoms with E-state index < -0.39 is 0 Å². The second kappa shape index (κ2) is 9.04. The van der Waals surface area contributed by atoms with Crippen molar-refractivity contribution in [1.82, 2.24) is 4.90 Å². The molecule has 1 aromatic carbocycles. The summed E-state index contributed by atoms with van der Waals surface area (Å²) in [6.45, 7) is 2.49. The number of anilines is 1. The Hall–Kier alpha value is -0.820. The lowest BCUT2D eigenvalue weighted by molar-refractivity contribution is -0.125. The number of carbonyl (C=O) groups is 2. The number of benzene rings is 1. The first-order valence-electron chi connectivity index (χ1n) is 7.65. The monoisotopic (exact) mass is 404 g/mol. The van der Waals surface area contributed by atoms with Crippen molar-refractivity contribution in [1.29, 1.82) is 0 Å². The largest absolute Gasteiger partial charge is 0.325 e. The molecule has 0 spiro atoms. The summed E-state index contributed by atoms with van der Waals surface area (Å²) in [7, 11) is 0. The van der Waals surface area contributed by atoms with Gasteiger partial charge < -0.3 is 5.32 Å². The standard InChI is InChI=1S/C16H18Cl2N2O2S2/c1-10-15(22)20(16(23)24-10)8-4-2-3-5-14(21)19-13-7-6-11(17)9-12(13)18/h6-7,9-10H,2-5,8H2,1H3,(H,19,21). The minimum Gasteiger partial charge on any atom is -0.325 e. The molecule has 1 saturated heterocycles. The Morgan fingerprint density at radius 3 is 2.71 bits per heavy atom. The number of amides is 2. The van der Waals surface area contributed by atoms with Crippen LogP contribution in [0.25, 0.3) is 0 Å². The van der Waals surface area contributed by atoms with Crippen LogP contribution in [0.3, 0.4) is 0 Å². The SMILES string of the molecule is CC1SC(=S)N(CCCCCC(=O)Nc2ccc(Cl)cc2Cl)C1=O. The Balaban J connectivity index is 1.66. The minimum absolute atomic E-state index is 0.0765. The van der Waals surface area contributed by atoms with E-state index in [4.69, 9.17) is 35.4 Å². The number of carbonyl (C=O) groups excluding carboxylic acids is 2. The van der Waals surface area contributed by atoms with Gasteiger partial charge in [0.15, 0.2) is 0 Å². The van der Waals surface area contributed by atoms with Gasteiger partial charge in [-0.2, -0.15) is 0 Å². The van der Waals surface area contributed by atoms with Gasteiger partial charge >= 0.3 is 0 Å². The Labute approximate surface area is 161 Å². The summed E-state index contributed by atoms with van der Waals surface area (Å²) in [5.41, 5.74) is 0.560. The van der Waals surface area contributed by atoms with Crippen molar-refractivity contribution in [3.63, 3.8) is 0 Å². The highest BCUT2D eigenvalue weighted by Gasteiger charge is 2.32. The number of thioether (sulfide) groups is 1. The lowest BCUT2D eigenvalue weighted by Crippen LogP contribution is -2.31. The van der Waals surface area contributed by atoms with E-state index in [-0.39, 0.29) is 17.1 Å². The molecule has 0 aromatic heterocycles. The lowest BCUT2D eigenvalue weighted by atomic mass is 10.1. The fourth-order valence-electron chi connectivity index (χ4n) is 2.31. The highest BCUT2D eigenvalue weighted by Crippen LogP contribution is 2.27. The van der Waals surface area contributed by atoms with E-state index in [1.54, 1.807) is 23.1 Å². The maximum absolute atomic E-state index is 11.9. The van der Waals surface area contributed by atoms with Gasteiger partial charge in [0.05, 0.1) is 16.0 Å². The second-order valence-corrected chi connectivity index (χ2v) is 8.32. The van der Waals surface area contributed by atoms with Gasteiger partial charge in [0.25, 0.3) is 0 Å². The molecule has 1 aliphatic rings. The molecule has 1 heterocycles. The van der Waals surface area contributed by atoms with Crippen molar-refractivity contribution in [2.75, 3.05) is 11.9 Å². The molecule has 1 unspecified atom stereocenters. The van der Waals surface area contributed by atoms with Crippen LogP contribution in [0.1, 0.15) is 32.6 Å². The summed E-state index contributed by atoms with van der Waals surface area (Å²) in [6, 6.07) is 4.95. The van der Waals surface area contributed by atoms with Crippen molar-refractivity contribution >= 4 is 69.0 Å². The molecule has 4 nitrogen and oxygen atoms in total. The molecule has 130 valence electrons. The highest BCUT2D eigenvalue weighted by atomic mass is 35.5. The molecule has 1 atom stereocenters. The van der Waals surface area contributed by atoms with Gasteiger partial charge in [0.1, 0.15) is 4.32 Å². The quantitative estimate of drug-likeness (QED) is 0.526. The topological polar surface area (TPSA) is 49.4 Å². The van der Waals surface area contributed by atoms with E-state index >= 15 is 0 Å². The predicted octanol–water partition coefficient (Wildman–Crippen LogP) is 4.74. The van der Waals surface area contributed by atoms with Gasteiger partial charge in [-0.15, -0.1) is 0 Å². The van der Waals surface area contributed by atoms with E-state index in [9.17, 15) is 9.59 Å². The van der Waals surface area contributed by atoms with Gasteiger partial charge in [0, 0.05) is 18.0 Å². The number of nitrogens with one attached hydrogen (secondary N) is 1. The molecule has 0 saturated carbocycles. The Kier molecular flexibility index (Phi) is 7.34. The number of halogens is 2. The average Bonchev–Trinajstić information content (AvgIpc) is 2.75. The number of rotatable bonds is 7. The summed E-state index contributed by atoms with van der Waals surface area (Å²) in [5, 5.41) is 3.64. The van der Waals surface area contributed by atoms with Crippen LogP contribution in [0.15, 0.2) is 18.2 Å². The summed E-state index contributed by atoms with van der Waals surface area (Å²) < 4.78 is 0.655. The maximum atomic E-state index is 11.9. The van der Waals surface area contributed by atoms with Crippen molar-refractivity contribution in [3.8, 4) is 0 Å². The molecule has 8 heteroatoms. The van der Waals surface area contributed by atoms with Crippen LogP contribution in [-0.4, -0.2) is 32.8 Å². The molecular formula is C16H18Cl2N2O2S2. The zero-order chi connectivity index (χ0) is 17.7. The first kappa shape index (κ1) is 19.5. The van der Waals surface area contributed by atoms with Crippen molar-refractivity contribution in [2.45, 2.75) is 37.9 Å². The van der Waals surface area contributed by atoms with E-state index in [0.29, 0.717) is 33.0 Å². The minimum atomic E-state index is -0.0869. The summed E-state index contributed by atoms with van der Waals surface area (Å²) in [5.74, 6) is -0.00343.